The molecular formula is C21H35N5O. The third-order valence-electron chi connectivity index (χ3n) is 6.68. The van der Waals surface area contributed by atoms with Crippen LogP contribution in [0.1, 0.15) is 64.8 Å². The molecule has 1 aromatic rings. The highest BCUT2D eigenvalue weighted by Crippen LogP contribution is 2.52. The van der Waals surface area contributed by atoms with Crippen molar-refractivity contribution in [2.45, 2.75) is 84.5 Å². The Labute approximate surface area is 163 Å². The van der Waals surface area contributed by atoms with Crippen molar-refractivity contribution in [2.24, 2.45) is 16.3 Å². The summed E-state index contributed by atoms with van der Waals surface area (Å²) in [6.07, 6.45) is 6.98. The van der Waals surface area contributed by atoms with Gasteiger partial charge in [-0.1, -0.05) is 13.8 Å². The summed E-state index contributed by atoms with van der Waals surface area (Å²) in [6.45, 7) is 12.8. The maximum absolute atomic E-state index is 5.94. The summed E-state index contributed by atoms with van der Waals surface area (Å²) < 4.78 is 8.04. The molecule has 6 nitrogen and oxygen atoms in total. The molecule has 1 saturated heterocycles. The zero-order valence-corrected chi connectivity index (χ0v) is 17.5. The summed E-state index contributed by atoms with van der Waals surface area (Å²) in [7, 11) is 0. The Morgan fingerprint density at radius 1 is 1.37 bits per heavy atom. The average molecular weight is 374 g/mol. The van der Waals surface area contributed by atoms with Crippen molar-refractivity contribution < 1.29 is 4.74 Å². The smallest absolute Gasteiger partial charge is 0.191 e. The SMILES string of the molecule is CCN=C(NC1CCc2cn(C(C)C)nc2C1)NC1C2CCOC2C1(C)C. The van der Waals surface area contributed by atoms with Gasteiger partial charge in [-0.25, -0.2) is 0 Å². The summed E-state index contributed by atoms with van der Waals surface area (Å²) >= 11 is 0. The molecule has 0 aromatic carbocycles. The van der Waals surface area contributed by atoms with Crippen molar-refractivity contribution in [3.8, 4) is 0 Å². The number of fused-ring (bicyclic) bond motifs is 2. The van der Waals surface area contributed by atoms with E-state index >= 15 is 0 Å². The number of guanidine groups is 1. The maximum Gasteiger partial charge on any atom is 0.191 e. The van der Waals surface area contributed by atoms with E-state index in [1.165, 1.54) is 11.3 Å². The molecule has 0 radical (unpaired) electrons. The molecule has 4 atom stereocenters. The normalized spacial score (nSPS) is 32.0. The van der Waals surface area contributed by atoms with Crippen LogP contribution in [0.3, 0.4) is 0 Å². The summed E-state index contributed by atoms with van der Waals surface area (Å²) in [5.74, 6) is 1.57. The monoisotopic (exact) mass is 373 g/mol. The Bertz CT molecular complexity index is 707. The number of hydrogen-bond donors (Lipinski definition) is 2. The second-order valence-electron chi connectivity index (χ2n) is 9.27. The molecule has 3 aliphatic rings. The lowest BCUT2D eigenvalue weighted by Crippen LogP contribution is -2.68. The molecule has 1 saturated carbocycles. The van der Waals surface area contributed by atoms with E-state index in [9.17, 15) is 0 Å². The van der Waals surface area contributed by atoms with Crippen molar-refractivity contribution in [3.05, 3.63) is 17.5 Å². The molecule has 0 bridgehead atoms. The summed E-state index contributed by atoms with van der Waals surface area (Å²) in [4.78, 5) is 4.74. The van der Waals surface area contributed by atoms with Crippen LogP contribution in [-0.2, 0) is 17.6 Å². The van der Waals surface area contributed by atoms with Gasteiger partial charge in [0.05, 0.1) is 11.8 Å². The van der Waals surface area contributed by atoms with E-state index in [-0.39, 0.29) is 5.41 Å². The molecule has 2 N–H and O–H groups in total. The fraction of sp³-hybridized carbons (Fsp3) is 0.810. The lowest BCUT2D eigenvalue weighted by Gasteiger charge is -2.55. The van der Waals surface area contributed by atoms with E-state index in [0.29, 0.717) is 30.1 Å². The first-order valence-corrected chi connectivity index (χ1v) is 10.7. The largest absolute Gasteiger partial charge is 0.377 e. The van der Waals surface area contributed by atoms with Crippen LogP contribution in [0.15, 0.2) is 11.2 Å². The van der Waals surface area contributed by atoms with Gasteiger partial charge in [-0.3, -0.25) is 9.67 Å². The molecule has 27 heavy (non-hydrogen) atoms. The van der Waals surface area contributed by atoms with Crippen molar-refractivity contribution in [1.82, 2.24) is 20.4 Å². The predicted molar refractivity (Wildman–Crippen MR) is 108 cm³/mol. The van der Waals surface area contributed by atoms with Gasteiger partial charge in [0.1, 0.15) is 0 Å². The van der Waals surface area contributed by atoms with Gasteiger partial charge in [0.15, 0.2) is 5.96 Å². The third-order valence-corrected chi connectivity index (χ3v) is 6.68. The van der Waals surface area contributed by atoms with Gasteiger partial charge in [-0.15, -0.1) is 0 Å². The highest BCUT2D eigenvalue weighted by atomic mass is 16.5. The van der Waals surface area contributed by atoms with Crippen LogP contribution in [0.25, 0.3) is 0 Å². The van der Waals surface area contributed by atoms with Gasteiger partial charge < -0.3 is 15.4 Å². The van der Waals surface area contributed by atoms with Crippen LogP contribution < -0.4 is 10.6 Å². The van der Waals surface area contributed by atoms with Gasteiger partial charge in [-0.2, -0.15) is 5.10 Å². The van der Waals surface area contributed by atoms with E-state index in [4.69, 9.17) is 14.8 Å². The van der Waals surface area contributed by atoms with Gasteiger partial charge in [-0.05, 0) is 45.6 Å². The van der Waals surface area contributed by atoms with E-state index in [2.05, 4.69) is 56.1 Å². The zero-order valence-electron chi connectivity index (χ0n) is 17.5. The highest BCUT2D eigenvalue weighted by Gasteiger charge is 2.59. The number of nitrogens with zero attached hydrogens (tertiary/aromatic N) is 3. The summed E-state index contributed by atoms with van der Waals surface area (Å²) in [5, 5.41) is 12.3. The number of aromatic nitrogens is 2. The predicted octanol–water partition coefficient (Wildman–Crippen LogP) is 2.69. The summed E-state index contributed by atoms with van der Waals surface area (Å²) in [6, 6.07) is 1.25. The van der Waals surface area contributed by atoms with Crippen LogP contribution in [0.4, 0.5) is 0 Å². The fourth-order valence-electron chi connectivity index (χ4n) is 5.15. The van der Waals surface area contributed by atoms with Crippen LogP contribution in [0.2, 0.25) is 0 Å². The van der Waals surface area contributed by atoms with Gasteiger partial charge in [0.25, 0.3) is 0 Å². The Morgan fingerprint density at radius 3 is 2.93 bits per heavy atom. The first-order chi connectivity index (χ1) is 12.9. The lowest BCUT2D eigenvalue weighted by molar-refractivity contribution is -0.106. The Balaban J connectivity index is 1.41. The molecule has 0 amide bonds. The minimum atomic E-state index is 0.160. The van der Waals surface area contributed by atoms with E-state index in [1.54, 1.807) is 0 Å². The second kappa shape index (κ2) is 7.12. The minimum absolute atomic E-state index is 0.160. The molecule has 2 aliphatic carbocycles. The van der Waals surface area contributed by atoms with E-state index in [0.717, 1.165) is 44.8 Å². The maximum atomic E-state index is 5.94. The van der Waals surface area contributed by atoms with Crippen LogP contribution in [-0.4, -0.2) is 47.1 Å². The molecule has 0 spiro atoms. The highest BCUT2D eigenvalue weighted by molar-refractivity contribution is 5.80. The third kappa shape index (κ3) is 3.37. The Morgan fingerprint density at radius 2 is 2.19 bits per heavy atom. The van der Waals surface area contributed by atoms with E-state index < -0.39 is 0 Å². The standard InChI is InChI=1S/C21H35N5O/c1-6-22-20(24-18-16-9-10-27-19(16)21(18,4)5)23-15-8-7-14-12-26(13(2)3)25-17(14)11-15/h12-13,15-16,18-19H,6-11H2,1-5H3,(H2,22,23,24). The van der Waals surface area contributed by atoms with Gasteiger partial charge in [0.2, 0.25) is 0 Å². The summed E-state index contributed by atoms with van der Waals surface area (Å²) in [5.41, 5.74) is 2.82. The first-order valence-electron chi connectivity index (χ1n) is 10.7. The zero-order chi connectivity index (χ0) is 19.2. The number of aliphatic imine (C=N–C) groups is 1. The Hall–Kier alpha value is -1.56. The van der Waals surface area contributed by atoms with Crippen molar-refractivity contribution in [1.29, 1.82) is 0 Å². The lowest BCUT2D eigenvalue weighted by atomic mass is 9.57. The first kappa shape index (κ1) is 18.8. The van der Waals surface area contributed by atoms with Crippen molar-refractivity contribution in [2.75, 3.05) is 13.2 Å². The van der Waals surface area contributed by atoms with Crippen LogP contribution in [0, 0.1) is 11.3 Å². The van der Waals surface area contributed by atoms with Crippen molar-refractivity contribution >= 4 is 5.96 Å². The van der Waals surface area contributed by atoms with Crippen LogP contribution in [0.5, 0.6) is 0 Å². The van der Waals surface area contributed by atoms with Gasteiger partial charge >= 0.3 is 0 Å². The molecule has 6 heteroatoms. The van der Waals surface area contributed by atoms with E-state index in [1.807, 2.05) is 0 Å². The number of ether oxygens (including phenoxy) is 1. The molecule has 150 valence electrons. The average Bonchev–Trinajstić information content (AvgIpc) is 3.25. The molecule has 1 aliphatic heterocycles. The molecule has 2 heterocycles. The number of aryl methyl sites for hydroxylation is 1. The number of hydrogen-bond acceptors (Lipinski definition) is 3. The topological polar surface area (TPSA) is 63.5 Å². The molecule has 4 unspecified atom stereocenters. The fourth-order valence-corrected chi connectivity index (χ4v) is 5.15. The van der Waals surface area contributed by atoms with Crippen molar-refractivity contribution in [3.63, 3.8) is 0 Å². The number of rotatable bonds is 4. The molecular weight excluding hydrogens is 338 g/mol. The van der Waals surface area contributed by atoms with Crippen LogP contribution >= 0.6 is 0 Å². The second-order valence-corrected chi connectivity index (χ2v) is 9.27. The quantitative estimate of drug-likeness (QED) is 0.629. The minimum Gasteiger partial charge on any atom is -0.377 e. The molecule has 1 aromatic heterocycles. The number of nitrogens with one attached hydrogen (secondary N) is 2. The molecule has 2 fully saturated rings. The van der Waals surface area contributed by atoms with Gasteiger partial charge in [0, 0.05) is 55.2 Å². The Kier molecular flexibility index (Phi) is 4.95. The molecule has 4 rings (SSSR count).